The van der Waals surface area contributed by atoms with Crippen molar-refractivity contribution in [2.24, 2.45) is 11.5 Å². The lowest BCUT2D eigenvalue weighted by Gasteiger charge is -2.11. The van der Waals surface area contributed by atoms with E-state index >= 15 is 0 Å². The highest BCUT2D eigenvalue weighted by Gasteiger charge is 2.20. The molecule has 5 N–H and O–H groups in total. The first-order valence-electron chi connectivity index (χ1n) is 9.19. The number of carbonyl (C=O) groups excluding carboxylic acids is 2. The van der Waals surface area contributed by atoms with Gasteiger partial charge in [-0.1, -0.05) is 36.4 Å². The number of pyridine rings is 1. The Balaban J connectivity index is 1.83. The van der Waals surface area contributed by atoms with Crippen LogP contribution in [0.4, 0.5) is 5.82 Å². The fourth-order valence-electron chi connectivity index (χ4n) is 3.32. The van der Waals surface area contributed by atoms with Crippen LogP contribution in [-0.4, -0.2) is 31.4 Å². The first kappa shape index (κ1) is 19.1. The van der Waals surface area contributed by atoms with E-state index in [1.807, 2.05) is 49.4 Å². The summed E-state index contributed by atoms with van der Waals surface area (Å²) >= 11 is 0. The summed E-state index contributed by atoms with van der Waals surface area (Å²) in [5, 5.41) is 11.2. The number of nitrogens with zero attached hydrogens (tertiary/aromatic N) is 4. The molecule has 3 aromatic heterocycles. The van der Waals surface area contributed by atoms with Crippen molar-refractivity contribution in [2.45, 2.75) is 13.5 Å². The zero-order valence-corrected chi connectivity index (χ0v) is 16.2. The van der Waals surface area contributed by atoms with E-state index in [0.29, 0.717) is 12.2 Å². The number of carbonyl (C=O) groups is 2. The van der Waals surface area contributed by atoms with E-state index in [-0.39, 0.29) is 23.0 Å². The smallest absolute Gasteiger partial charge is 0.273 e. The summed E-state index contributed by atoms with van der Waals surface area (Å²) in [6.07, 6.45) is 0. The number of benzene rings is 1. The molecular formula is C21H19N7O2. The monoisotopic (exact) mass is 401 g/mol. The molecule has 4 rings (SSSR count). The van der Waals surface area contributed by atoms with Gasteiger partial charge >= 0.3 is 0 Å². The minimum Gasteiger partial charge on any atom is -0.364 e. The third-order valence-electron chi connectivity index (χ3n) is 4.67. The van der Waals surface area contributed by atoms with Crippen LogP contribution in [-0.2, 0) is 6.54 Å². The summed E-state index contributed by atoms with van der Waals surface area (Å²) in [7, 11) is 0. The predicted molar refractivity (Wildman–Crippen MR) is 112 cm³/mol. The molecule has 0 atom stereocenters. The van der Waals surface area contributed by atoms with Crippen LogP contribution < -0.4 is 16.8 Å². The highest BCUT2D eigenvalue weighted by atomic mass is 16.1. The maximum absolute atomic E-state index is 11.9. The van der Waals surface area contributed by atoms with Crippen molar-refractivity contribution < 1.29 is 9.59 Å². The Morgan fingerprint density at radius 2 is 1.77 bits per heavy atom. The van der Waals surface area contributed by atoms with Gasteiger partial charge in [-0.05, 0) is 36.2 Å². The number of aryl methyl sites for hydroxylation is 1. The number of hydrogen-bond acceptors (Lipinski definition) is 6. The van der Waals surface area contributed by atoms with Crippen molar-refractivity contribution in [3.8, 4) is 11.5 Å². The van der Waals surface area contributed by atoms with E-state index in [1.165, 1.54) is 0 Å². The van der Waals surface area contributed by atoms with E-state index in [0.717, 1.165) is 16.6 Å². The lowest BCUT2D eigenvalue weighted by Crippen LogP contribution is -2.20. The first-order valence-corrected chi connectivity index (χ1v) is 9.19. The summed E-state index contributed by atoms with van der Waals surface area (Å²) in [4.78, 5) is 28.3. The molecule has 150 valence electrons. The van der Waals surface area contributed by atoms with E-state index in [2.05, 4.69) is 20.5 Å². The fraction of sp³-hybridized carbons (Fsp3) is 0.0952. The molecule has 9 nitrogen and oxygen atoms in total. The molecule has 4 aromatic rings. The molecule has 0 radical (unpaired) electrons. The summed E-state index contributed by atoms with van der Waals surface area (Å²) in [5.74, 6) is -0.878. The molecule has 30 heavy (non-hydrogen) atoms. The Morgan fingerprint density at radius 3 is 2.47 bits per heavy atom. The Labute approximate surface area is 171 Å². The second-order valence-electron chi connectivity index (χ2n) is 6.75. The van der Waals surface area contributed by atoms with Crippen molar-refractivity contribution in [1.29, 1.82) is 0 Å². The zero-order valence-electron chi connectivity index (χ0n) is 16.2. The number of primary amides is 2. The van der Waals surface area contributed by atoms with Gasteiger partial charge in [-0.2, -0.15) is 0 Å². The molecule has 0 aliphatic rings. The third-order valence-corrected chi connectivity index (χ3v) is 4.67. The van der Waals surface area contributed by atoms with Crippen molar-refractivity contribution in [3.05, 3.63) is 77.1 Å². The van der Waals surface area contributed by atoms with Crippen LogP contribution in [0.1, 0.15) is 32.1 Å². The second kappa shape index (κ2) is 7.63. The van der Waals surface area contributed by atoms with E-state index in [9.17, 15) is 9.59 Å². The summed E-state index contributed by atoms with van der Waals surface area (Å²) in [6, 6.07) is 16.7. The number of amides is 2. The van der Waals surface area contributed by atoms with Crippen LogP contribution >= 0.6 is 0 Å². The van der Waals surface area contributed by atoms with Gasteiger partial charge in [-0.25, -0.2) is 4.98 Å². The minimum absolute atomic E-state index is 0.0664. The normalized spacial score (nSPS) is 10.8. The average molecular weight is 401 g/mol. The summed E-state index contributed by atoms with van der Waals surface area (Å²) in [5.41, 5.74) is 14.4. The molecule has 0 saturated carbocycles. The highest BCUT2D eigenvalue weighted by molar-refractivity contribution is 5.96. The molecule has 0 unspecified atom stereocenters. The van der Waals surface area contributed by atoms with E-state index in [1.54, 1.807) is 16.5 Å². The van der Waals surface area contributed by atoms with Crippen LogP contribution in [0.5, 0.6) is 0 Å². The molecule has 2 amide bonds. The van der Waals surface area contributed by atoms with Gasteiger partial charge < -0.3 is 21.2 Å². The van der Waals surface area contributed by atoms with Gasteiger partial charge in [0.15, 0.2) is 11.5 Å². The molecule has 0 spiro atoms. The van der Waals surface area contributed by atoms with E-state index < -0.39 is 11.8 Å². The summed E-state index contributed by atoms with van der Waals surface area (Å²) in [6.45, 7) is 2.29. The molecule has 0 fully saturated rings. The molecule has 3 heterocycles. The van der Waals surface area contributed by atoms with Gasteiger partial charge in [0, 0.05) is 12.1 Å². The number of anilines is 1. The molecular weight excluding hydrogens is 382 g/mol. The van der Waals surface area contributed by atoms with Crippen LogP contribution in [0.25, 0.3) is 17.0 Å². The molecule has 0 saturated heterocycles. The average Bonchev–Trinajstić information content (AvgIpc) is 3.08. The number of nitrogens with two attached hydrogens (primary N) is 2. The number of nitrogens with one attached hydrogen (secondary N) is 1. The van der Waals surface area contributed by atoms with Gasteiger partial charge in [0.25, 0.3) is 11.8 Å². The quantitative estimate of drug-likeness (QED) is 0.451. The van der Waals surface area contributed by atoms with Crippen molar-refractivity contribution >= 4 is 23.1 Å². The topological polar surface area (TPSA) is 141 Å². The Bertz CT molecular complexity index is 1270. The lowest BCUT2D eigenvalue weighted by molar-refractivity contribution is 0.0986. The Kier molecular flexibility index (Phi) is 4.85. The number of aromatic nitrogens is 4. The standard InChI is InChI=1S/C21H19N7O2/c1-12-10-14-8-5-9-15(18(22)29)28(14)17(12)21-25-20(16(19(23)30)26-27-21)24-11-13-6-3-2-4-7-13/h2-10H,11H2,1H3,(H2,22,29)(H2,23,30)(H,24,25,27). The molecule has 9 heteroatoms. The second-order valence-corrected chi connectivity index (χ2v) is 6.75. The number of fused-ring (bicyclic) bond motifs is 1. The van der Waals surface area contributed by atoms with Gasteiger partial charge in [-0.3, -0.25) is 9.59 Å². The number of hydrogen-bond donors (Lipinski definition) is 3. The van der Waals surface area contributed by atoms with Gasteiger partial charge in [0.1, 0.15) is 5.69 Å². The van der Waals surface area contributed by atoms with Gasteiger partial charge in [0.2, 0.25) is 5.82 Å². The largest absolute Gasteiger partial charge is 0.364 e. The van der Waals surface area contributed by atoms with Crippen LogP contribution in [0.15, 0.2) is 54.6 Å². The lowest BCUT2D eigenvalue weighted by atomic mass is 10.2. The van der Waals surface area contributed by atoms with Gasteiger partial charge in [-0.15, -0.1) is 10.2 Å². The van der Waals surface area contributed by atoms with Crippen LogP contribution in [0, 0.1) is 6.92 Å². The SMILES string of the molecule is Cc1cc2cccc(C(N)=O)n2c1-c1nnc(C(N)=O)c(NCc2ccccc2)n1. The van der Waals surface area contributed by atoms with Crippen molar-refractivity contribution in [1.82, 2.24) is 19.6 Å². The Morgan fingerprint density at radius 1 is 1.00 bits per heavy atom. The van der Waals surface area contributed by atoms with Crippen molar-refractivity contribution in [3.63, 3.8) is 0 Å². The predicted octanol–water partition coefficient (Wildman–Crippen LogP) is 1.91. The van der Waals surface area contributed by atoms with E-state index in [4.69, 9.17) is 11.5 Å². The zero-order chi connectivity index (χ0) is 21.3. The van der Waals surface area contributed by atoms with Crippen LogP contribution in [0.3, 0.4) is 0 Å². The summed E-state index contributed by atoms with van der Waals surface area (Å²) < 4.78 is 1.68. The first-order chi connectivity index (χ1) is 14.5. The number of rotatable bonds is 6. The van der Waals surface area contributed by atoms with Gasteiger partial charge in [0.05, 0.1) is 5.69 Å². The fourth-order valence-corrected chi connectivity index (χ4v) is 3.32. The van der Waals surface area contributed by atoms with Crippen molar-refractivity contribution in [2.75, 3.05) is 5.32 Å². The maximum atomic E-state index is 11.9. The molecule has 1 aromatic carbocycles. The minimum atomic E-state index is -0.744. The third kappa shape index (κ3) is 3.44. The molecule has 0 bridgehead atoms. The maximum Gasteiger partial charge on any atom is 0.273 e. The molecule has 0 aliphatic heterocycles. The Hall–Kier alpha value is -4.27. The van der Waals surface area contributed by atoms with Crippen LogP contribution in [0.2, 0.25) is 0 Å². The highest BCUT2D eigenvalue weighted by Crippen LogP contribution is 2.27. The molecule has 0 aliphatic carbocycles.